The highest BCUT2D eigenvalue weighted by molar-refractivity contribution is 7.12. The van der Waals surface area contributed by atoms with Crippen LogP contribution in [-0.4, -0.2) is 11.8 Å². The molecule has 2 amide bonds. The summed E-state index contributed by atoms with van der Waals surface area (Å²) >= 11 is 2.96. The van der Waals surface area contributed by atoms with Gasteiger partial charge in [-0.1, -0.05) is 24.3 Å². The molecule has 0 bridgehead atoms. The Morgan fingerprint density at radius 1 is 0.917 bits per heavy atom. The number of hydrogen-bond donors (Lipinski definition) is 2. The number of nitrogens with one attached hydrogen (secondary N) is 2. The number of carbonyl (C=O) groups is 2. The highest BCUT2D eigenvalue weighted by Gasteiger charge is 2.17. The van der Waals surface area contributed by atoms with Gasteiger partial charge in [0.1, 0.15) is 0 Å². The normalized spacial score (nSPS) is 11.7. The van der Waals surface area contributed by atoms with Gasteiger partial charge in [-0.25, -0.2) is 0 Å². The van der Waals surface area contributed by atoms with Gasteiger partial charge < -0.3 is 10.6 Å². The van der Waals surface area contributed by atoms with E-state index in [9.17, 15) is 9.59 Å². The third kappa shape index (κ3) is 3.72. The van der Waals surface area contributed by atoms with Gasteiger partial charge in [0.2, 0.25) is 0 Å². The Balaban J connectivity index is 1.76. The van der Waals surface area contributed by atoms with Gasteiger partial charge in [-0.3, -0.25) is 9.59 Å². The first-order valence-corrected chi connectivity index (χ1v) is 9.19. The molecule has 2 heterocycles. The SMILES string of the molecule is CC(NC(=O)c1ccccc1NC(=O)c1cccs1)c1cccs1. The second-order valence-corrected chi connectivity index (χ2v) is 7.11. The van der Waals surface area contributed by atoms with E-state index in [0.717, 1.165) is 4.88 Å². The summed E-state index contributed by atoms with van der Waals surface area (Å²) < 4.78 is 0. The van der Waals surface area contributed by atoms with Crippen molar-refractivity contribution < 1.29 is 9.59 Å². The van der Waals surface area contributed by atoms with Gasteiger partial charge in [0.15, 0.2) is 0 Å². The quantitative estimate of drug-likeness (QED) is 0.704. The maximum atomic E-state index is 12.6. The van der Waals surface area contributed by atoms with Gasteiger partial charge >= 0.3 is 0 Å². The van der Waals surface area contributed by atoms with Crippen LogP contribution in [0.5, 0.6) is 0 Å². The van der Waals surface area contributed by atoms with Crippen molar-refractivity contribution in [1.29, 1.82) is 0 Å². The average molecular weight is 356 g/mol. The van der Waals surface area contributed by atoms with Crippen LogP contribution >= 0.6 is 22.7 Å². The third-order valence-electron chi connectivity index (χ3n) is 3.48. The molecule has 0 aliphatic rings. The van der Waals surface area contributed by atoms with E-state index >= 15 is 0 Å². The largest absolute Gasteiger partial charge is 0.345 e. The van der Waals surface area contributed by atoms with Crippen LogP contribution < -0.4 is 10.6 Å². The lowest BCUT2D eigenvalue weighted by molar-refractivity contribution is 0.0941. The first-order chi connectivity index (χ1) is 11.6. The lowest BCUT2D eigenvalue weighted by Crippen LogP contribution is -2.27. The van der Waals surface area contributed by atoms with E-state index in [0.29, 0.717) is 16.1 Å². The van der Waals surface area contributed by atoms with Crippen LogP contribution in [0, 0.1) is 0 Å². The smallest absolute Gasteiger partial charge is 0.265 e. The summed E-state index contributed by atoms with van der Waals surface area (Å²) in [6.07, 6.45) is 0. The zero-order chi connectivity index (χ0) is 16.9. The number of thiophene rings is 2. The van der Waals surface area contributed by atoms with Crippen LogP contribution in [0.3, 0.4) is 0 Å². The molecule has 0 saturated heterocycles. The highest BCUT2D eigenvalue weighted by Crippen LogP contribution is 2.21. The van der Waals surface area contributed by atoms with Gasteiger partial charge in [0.05, 0.1) is 22.2 Å². The molecule has 122 valence electrons. The molecular weight excluding hydrogens is 340 g/mol. The lowest BCUT2D eigenvalue weighted by atomic mass is 10.1. The molecule has 0 fully saturated rings. The fraction of sp³-hybridized carbons (Fsp3) is 0.111. The molecule has 1 atom stereocenters. The summed E-state index contributed by atoms with van der Waals surface area (Å²) in [4.78, 5) is 26.5. The van der Waals surface area contributed by atoms with E-state index in [4.69, 9.17) is 0 Å². The van der Waals surface area contributed by atoms with Crippen molar-refractivity contribution in [2.45, 2.75) is 13.0 Å². The lowest BCUT2D eigenvalue weighted by Gasteiger charge is -2.15. The molecule has 3 rings (SSSR count). The van der Waals surface area contributed by atoms with E-state index < -0.39 is 0 Å². The Hall–Kier alpha value is -2.44. The molecule has 1 unspecified atom stereocenters. The second kappa shape index (κ2) is 7.42. The molecule has 4 nitrogen and oxygen atoms in total. The van der Waals surface area contributed by atoms with Crippen molar-refractivity contribution in [2.24, 2.45) is 0 Å². The van der Waals surface area contributed by atoms with E-state index in [2.05, 4.69) is 10.6 Å². The molecule has 6 heteroatoms. The van der Waals surface area contributed by atoms with Crippen molar-refractivity contribution in [1.82, 2.24) is 5.32 Å². The van der Waals surface area contributed by atoms with Crippen LogP contribution in [0.2, 0.25) is 0 Å². The van der Waals surface area contributed by atoms with Crippen molar-refractivity contribution in [3.8, 4) is 0 Å². The predicted molar refractivity (Wildman–Crippen MR) is 98.9 cm³/mol. The van der Waals surface area contributed by atoms with E-state index in [1.165, 1.54) is 11.3 Å². The van der Waals surface area contributed by atoms with Crippen molar-refractivity contribution in [3.63, 3.8) is 0 Å². The Labute approximate surface area is 148 Å². The fourth-order valence-electron chi connectivity index (χ4n) is 2.26. The number of carbonyl (C=O) groups excluding carboxylic acids is 2. The average Bonchev–Trinajstić information content (AvgIpc) is 3.28. The molecule has 0 radical (unpaired) electrons. The Morgan fingerprint density at radius 2 is 1.67 bits per heavy atom. The number of rotatable bonds is 5. The minimum atomic E-state index is -0.212. The summed E-state index contributed by atoms with van der Waals surface area (Å²) in [6, 6.07) is 14.4. The summed E-state index contributed by atoms with van der Waals surface area (Å²) in [7, 11) is 0. The summed E-state index contributed by atoms with van der Waals surface area (Å²) in [5.41, 5.74) is 0.956. The van der Waals surface area contributed by atoms with E-state index in [1.807, 2.05) is 35.9 Å². The Kier molecular flexibility index (Phi) is 5.08. The number of hydrogen-bond acceptors (Lipinski definition) is 4. The first-order valence-electron chi connectivity index (χ1n) is 7.43. The van der Waals surface area contributed by atoms with Crippen LogP contribution in [-0.2, 0) is 0 Å². The standard InChI is InChI=1S/C18H16N2O2S2/c1-12(15-8-4-10-23-15)19-17(21)13-6-2-3-7-14(13)20-18(22)16-9-5-11-24-16/h2-12H,1H3,(H,19,21)(H,20,22). The zero-order valence-corrected chi connectivity index (χ0v) is 14.6. The van der Waals surface area contributed by atoms with Gasteiger partial charge in [-0.05, 0) is 41.9 Å². The Bertz CT molecular complexity index is 827. The van der Waals surface area contributed by atoms with E-state index in [-0.39, 0.29) is 17.9 Å². The monoisotopic (exact) mass is 356 g/mol. The molecule has 0 aliphatic heterocycles. The third-order valence-corrected chi connectivity index (χ3v) is 5.41. The van der Waals surface area contributed by atoms with Crippen LogP contribution in [0.1, 0.15) is 37.9 Å². The topological polar surface area (TPSA) is 58.2 Å². The van der Waals surface area contributed by atoms with Crippen molar-refractivity contribution in [2.75, 3.05) is 5.32 Å². The van der Waals surface area contributed by atoms with Gasteiger partial charge in [0.25, 0.3) is 11.8 Å². The number of amides is 2. The fourth-order valence-corrected chi connectivity index (χ4v) is 3.62. The summed E-state index contributed by atoms with van der Waals surface area (Å²) in [5, 5.41) is 9.61. The van der Waals surface area contributed by atoms with Crippen LogP contribution in [0.4, 0.5) is 5.69 Å². The molecule has 24 heavy (non-hydrogen) atoms. The minimum absolute atomic E-state index is 0.0847. The molecule has 3 aromatic rings. The Morgan fingerprint density at radius 3 is 2.38 bits per heavy atom. The number of para-hydroxylation sites is 1. The molecule has 0 saturated carbocycles. The van der Waals surface area contributed by atoms with Gasteiger partial charge in [0, 0.05) is 4.88 Å². The number of anilines is 1. The first kappa shape index (κ1) is 16.4. The van der Waals surface area contributed by atoms with E-state index in [1.54, 1.807) is 41.7 Å². The molecule has 1 aromatic carbocycles. The van der Waals surface area contributed by atoms with Crippen LogP contribution in [0.15, 0.2) is 59.3 Å². The van der Waals surface area contributed by atoms with Gasteiger partial charge in [-0.2, -0.15) is 0 Å². The van der Waals surface area contributed by atoms with Crippen molar-refractivity contribution in [3.05, 3.63) is 74.6 Å². The maximum Gasteiger partial charge on any atom is 0.265 e. The zero-order valence-electron chi connectivity index (χ0n) is 13.0. The molecule has 2 aromatic heterocycles. The minimum Gasteiger partial charge on any atom is -0.345 e. The second-order valence-electron chi connectivity index (χ2n) is 5.19. The predicted octanol–water partition coefficient (Wildman–Crippen LogP) is 4.55. The molecule has 2 N–H and O–H groups in total. The van der Waals surface area contributed by atoms with Crippen LogP contribution in [0.25, 0.3) is 0 Å². The maximum absolute atomic E-state index is 12.6. The van der Waals surface area contributed by atoms with Crippen molar-refractivity contribution >= 4 is 40.2 Å². The van der Waals surface area contributed by atoms with Gasteiger partial charge in [-0.15, -0.1) is 22.7 Å². The summed E-state index contributed by atoms with van der Waals surface area (Å²) in [5.74, 6) is -0.422. The molecular formula is C18H16N2O2S2. The highest BCUT2D eigenvalue weighted by atomic mass is 32.1. The summed E-state index contributed by atoms with van der Waals surface area (Å²) in [6.45, 7) is 1.94. The molecule has 0 aliphatic carbocycles. The molecule has 0 spiro atoms. The number of benzene rings is 1.